The van der Waals surface area contributed by atoms with Gasteiger partial charge in [-0.25, -0.2) is 4.98 Å². The summed E-state index contributed by atoms with van der Waals surface area (Å²) in [6.07, 6.45) is 3.08. The van der Waals surface area contributed by atoms with Crippen molar-refractivity contribution < 1.29 is 9.53 Å². The van der Waals surface area contributed by atoms with E-state index in [2.05, 4.69) is 10.3 Å². The van der Waals surface area contributed by atoms with Gasteiger partial charge in [0.2, 0.25) is 5.91 Å². The van der Waals surface area contributed by atoms with E-state index in [1.165, 1.54) is 33.9 Å². The summed E-state index contributed by atoms with van der Waals surface area (Å²) in [4.78, 5) is 31.8. The molecule has 0 spiro atoms. The maximum atomic E-state index is 12.8. The van der Waals surface area contributed by atoms with Crippen LogP contribution in [0.2, 0.25) is 5.02 Å². The Kier molecular flexibility index (Phi) is 5.35. The highest BCUT2D eigenvalue weighted by Crippen LogP contribution is 2.35. The van der Waals surface area contributed by atoms with Gasteiger partial charge >= 0.3 is 0 Å². The summed E-state index contributed by atoms with van der Waals surface area (Å²) in [6, 6.07) is 5.05. The van der Waals surface area contributed by atoms with Crippen LogP contribution in [0.1, 0.15) is 16.9 Å². The molecule has 1 aliphatic carbocycles. The van der Waals surface area contributed by atoms with Crippen molar-refractivity contribution in [1.82, 2.24) is 9.55 Å². The quantitative estimate of drug-likeness (QED) is 0.486. The lowest BCUT2D eigenvalue weighted by atomic mass is 10.2. The number of fused-ring (bicyclic) bond motifs is 3. The number of thioether (sulfide) groups is 1. The molecule has 1 aromatic carbocycles. The predicted molar refractivity (Wildman–Crippen MR) is 114 cm³/mol. The van der Waals surface area contributed by atoms with E-state index in [4.69, 9.17) is 16.3 Å². The maximum Gasteiger partial charge on any atom is 0.262 e. The number of hydrogen-bond acceptors (Lipinski definition) is 6. The minimum absolute atomic E-state index is 0.0331. The van der Waals surface area contributed by atoms with Gasteiger partial charge in [-0.05, 0) is 43.0 Å². The number of carbonyl (C=O) groups is 1. The van der Waals surface area contributed by atoms with Gasteiger partial charge in [0.1, 0.15) is 10.6 Å². The van der Waals surface area contributed by atoms with Gasteiger partial charge in [-0.15, -0.1) is 11.3 Å². The first-order valence-electron chi connectivity index (χ1n) is 8.75. The summed E-state index contributed by atoms with van der Waals surface area (Å²) in [5.74, 6) is 0.485. The second-order valence-electron chi connectivity index (χ2n) is 6.48. The average Bonchev–Trinajstić information content (AvgIpc) is 3.24. The standard InChI is InChI=1S/C19H18ClN3O3S2/c1-23-18(25)16-11-4-3-5-14(11)28-17(16)22-19(23)27-9-15(24)21-10-6-7-13(26-2)12(20)8-10/h6-8H,3-5,9H2,1-2H3,(H,21,24). The number of benzene rings is 1. The first-order chi connectivity index (χ1) is 13.5. The third-order valence-corrected chi connectivity index (χ3v) is 7.18. The molecule has 4 rings (SSSR count). The van der Waals surface area contributed by atoms with E-state index in [1.807, 2.05) is 0 Å². The number of rotatable bonds is 5. The lowest BCUT2D eigenvalue weighted by molar-refractivity contribution is -0.113. The Balaban J connectivity index is 1.49. The molecule has 146 valence electrons. The molecule has 2 heterocycles. The van der Waals surface area contributed by atoms with Gasteiger partial charge in [0.25, 0.3) is 5.56 Å². The smallest absolute Gasteiger partial charge is 0.262 e. The van der Waals surface area contributed by atoms with Crippen LogP contribution in [0.15, 0.2) is 28.2 Å². The molecule has 6 nitrogen and oxygen atoms in total. The van der Waals surface area contributed by atoms with Gasteiger partial charge in [0.05, 0.1) is 23.3 Å². The molecule has 0 saturated carbocycles. The van der Waals surface area contributed by atoms with Crippen LogP contribution < -0.4 is 15.6 Å². The Morgan fingerprint density at radius 3 is 3.00 bits per heavy atom. The van der Waals surface area contributed by atoms with E-state index in [-0.39, 0.29) is 17.2 Å². The van der Waals surface area contributed by atoms with E-state index in [0.29, 0.717) is 21.6 Å². The van der Waals surface area contributed by atoms with Crippen LogP contribution in [0.25, 0.3) is 10.2 Å². The number of hydrogen-bond donors (Lipinski definition) is 1. The first kappa shape index (κ1) is 19.3. The summed E-state index contributed by atoms with van der Waals surface area (Å²) in [7, 11) is 3.24. The van der Waals surface area contributed by atoms with Crippen LogP contribution in [0, 0.1) is 0 Å². The van der Waals surface area contributed by atoms with E-state index >= 15 is 0 Å². The van der Waals surface area contributed by atoms with Crippen molar-refractivity contribution in [2.45, 2.75) is 24.4 Å². The lowest BCUT2D eigenvalue weighted by Gasteiger charge is -2.09. The number of thiophene rings is 1. The third-order valence-electron chi connectivity index (χ3n) is 4.67. The van der Waals surface area contributed by atoms with Crippen molar-refractivity contribution in [3.05, 3.63) is 44.0 Å². The van der Waals surface area contributed by atoms with Crippen molar-refractivity contribution in [3.8, 4) is 5.75 Å². The topological polar surface area (TPSA) is 73.2 Å². The van der Waals surface area contributed by atoms with E-state index in [0.717, 1.165) is 29.5 Å². The minimum atomic E-state index is -0.200. The number of methoxy groups -OCH3 is 1. The van der Waals surface area contributed by atoms with Crippen molar-refractivity contribution in [1.29, 1.82) is 0 Å². The number of ether oxygens (including phenoxy) is 1. The highest BCUT2D eigenvalue weighted by Gasteiger charge is 2.22. The predicted octanol–water partition coefficient (Wildman–Crippen LogP) is 3.88. The van der Waals surface area contributed by atoms with Gasteiger partial charge in [-0.3, -0.25) is 14.2 Å². The number of anilines is 1. The molecule has 2 aromatic heterocycles. The molecule has 0 bridgehead atoms. The number of nitrogens with one attached hydrogen (secondary N) is 1. The average molecular weight is 436 g/mol. The SMILES string of the molecule is COc1ccc(NC(=O)CSc2nc3sc4c(c3c(=O)n2C)CCC4)cc1Cl. The molecule has 0 unspecified atom stereocenters. The Bertz CT molecular complexity index is 1140. The molecule has 0 atom stereocenters. The van der Waals surface area contributed by atoms with Crippen LogP contribution in [-0.4, -0.2) is 28.3 Å². The number of halogens is 1. The Morgan fingerprint density at radius 1 is 1.43 bits per heavy atom. The summed E-state index contributed by atoms with van der Waals surface area (Å²) >= 11 is 8.93. The number of amides is 1. The van der Waals surface area contributed by atoms with E-state index in [9.17, 15) is 9.59 Å². The van der Waals surface area contributed by atoms with Crippen LogP contribution in [0.3, 0.4) is 0 Å². The highest BCUT2D eigenvalue weighted by atomic mass is 35.5. The van der Waals surface area contributed by atoms with Crippen LogP contribution in [-0.2, 0) is 24.7 Å². The normalized spacial score (nSPS) is 13.0. The van der Waals surface area contributed by atoms with Crippen molar-refractivity contribution in [2.24, 2.45) is 7.05 Å². The second kappa shape index (κ2) is 7.77. The number of carbonyl (C=O) groups excluding carboxylic acids is 1. The Hall–Kier alpha value is -2.03. The fourth-order valence-corrected chi connectivity index (χ4v) is 5.64. The number of aryl methyl sites for hydroxylation is 2. The summed E-state index contributed by atoms with van der Waals surface area (Å²) in [6.45, 7) is 0. The zero-order valence-electron chi connectivity index (χ0n) is 15.4. The molecular formula is C19H18ClN3O3S2. The second-order valence-corrected chi connectivity index (χ2v) is 8.92. The van der Waals surface area contributed by atoms with Crippen molar-refractivity contribution >= 4 is 56.5 Å². The number of nitrogens with zero attached hydrogens (tertiary/aromatic N) is 2. The zero-order chi connectivity index (χ0) is 19.8. The third kappa shape index (κ3) is 3.52. The summed E-state index contributed by atoms with van der Waals surface area (Å²) in [5.41, 5.74) is 1.72. The zero-order valence-corrected chi connectivity index (χ0v) is 17.8. The molecule has 1 amide bonds. The number of aromatic nitrogens is 2. The fourth-order valence-electron chi connectivity index (χ4n) is 3.31. The molecule has 9 heteroatoms. The van der Waals surface area contributed by atoms with Gasteiger partial charge in [-0.2, -0.15) is 0 Å². The molecule has 3 aromatic rings. The molecule has 0 saturated heterocycles. The van der Waals surface area contributed by atoms with Gasteiger partial charge in [-0.1, -0.05) is 23.4 Å². The van der Waals surface area contributed by atoms with Crippen LogP contribution in [0.4, 0.5) is 5.69 Å². The molecule has 1 aliphatic rings. The molecule has 28 heavy (non-hydrogen) atoms. The molecule has 0 aliphatic heterocycles. The maximum absolute atomic E-state index is 12.8. The van der Waals surface area contributed by atoms with Crippen molar-refractivity contribution in [3.63, 3.8) is 0 Å². The first-order valence-corrected chi connectivity index (χ1v) is 10.9. The molecule has 0 fully saturated rings. The van der Waals surface area contributed by atoms with Gasteiger partial charge in [0, 0.05) is 17.6 Å². The van der Waals surface area contributed by atoms with Crippen LogP contribution in [0.5, 0.6) is 5.75 Å². The Labute approximate surface area is 174 Å². The van der Waals surface area contributed by atoms with Gasteiger partial charge < -0.3 is 10.1 Å². The largest absolute Gasteiger partial charge is 0.495 e. The summed E-state index contributed by atoms with van der Waals surface area (Å²) in [5, 5.41) is 4.51. The molecule has 0 radical (unpaired) electrons. The molecular weight excluding hydrogens is 418 g/mol. The van der Waals surface area contributed by atoms with Crippen molar-refractivity contribution in [2.75, 3.05) is 18.2 Å². The van der Waals surface area contributed by atoms with Crippen LogP contribution >= 0.6 is 34.7 Å². The van der Waals surface area contributed by atoms with E-state index < -0.39 is 0 Å². The monoisotopic (exact) mass is 435 g/mol. The Morgan fingerprint density at radius 2 is 2.25 bits per heavy atom. The van der Waals surface area contributed by atoms with Gasteiger partial charge in [0.15, 0.2) is 5.16 Å². The molecule has 1 N–H and O–H groups in total. The summed E-state index contributed by atoms with van der Waals surface area (Å²) < 4.78 is 6.64. The van der Waals surface area contributed by atoms with E-state index in [1.54, 1.807) is 36.6 Å². The highest BCUT2D eigenvalue weighted by molar-refractivity contribution is 7.99. The lowest BCUT2D eigenvalue weighted by Crippen LogP contribution is -2.21. The fraction of sp³-hybridized carbons (Fsp3) is 0.316. The minimum Gasteiger partial charge on any atom is -0.495 e.